The molecule has 0 aromatic heterocycles. The van der Waals surface area contributed by atoms with Gasteiger partial charge in [-0.2, -0.15) is 0 Å². The van der Waals surface area contributed by atoms with E-state index in [1.807, 2.05) is 30.4 Å². The maximum absolute atomic E-state index is 14.5. The van der Waals surface area contributed by atoms with Gasteiger partial charge in [-0.15, -0.1) is 6.58 Å². The smallest absolute Gasteiger partial charge is 0.407 e. The van der Waals surface area contributed by atoms with Gasteiger partial charge in [-0.25, -0.2) is 13.2 Å². The molecule has 0 radical (unpaired) electrons. The summed E-state index contributed by atoms with van der Waals surface area (Å²) in [6, 6.07) is 3.14. The molecule has 6 bridgehead atoms. The highest BCUT2D eigenvalue weighted by Crippen LogP contribution is 2.45. The molecule has 4 heterocycles. The summed E-state index contributed by atoms with van der Waals surface area (Å²) in [6.45, 7) is 4.25. The quantitative estimate of drug-likeness (QED) is 0.238. The van der Waals surface area contributed by atoms with Crippen molar-refractivity contribution < 1.29 is 41.9 Å². The van der Waals surface area contributed by atoms with Crippen molar-refractivity contribution in [1.82, 2.24) is 25.6 Å². The number of rotatable bonds is 7. The molecule has 52 heavy (non-hydrogen) atoms. The zero-order valence-electron chi connectivity index (χ0n) is 29.1. The molecule has 1 unspecified atom stereocenters. The van der Waals surface area contributed by atoms with Crippen molar-refractivity contribution in [2.24, 2.45) is 11.8 Å². The monoisotopic (exact) mass is 737 g/mol. The lowest BCUT2D eigenvalue weighted by atomic mass is 9.92. The second-order valence-corrected chi connectivity index (χ2v) is 16.9. The van der Waals surface area contributed by atoms with E-state index >= 15 is 0 Å². The van der Waals surface area contributed by atoms with Crippen molar-refractivity contribution in [3.63, 3.8) is 0 Å². The molecule has 280 valence electrons. The maximum atomic E-state index is 14.5. The number of esters is 1. The third-order valence-corrected chi connectivity index (χ3v) is 13.2. The first-order valence-corrected chi connectivity index (χ1v) is 20.0. The van der Waals surface area contributed by atoms with Crippen molar-refractivity contribution in [3.05, 3.63) is 53.6 Å². The molecule has 3 saturated carbocycles. The van der Waals surface area contributed by atoms with Crippen LogP contribution < -0.4 is 20.7 Å². The zero-order chi connectivity index (χ0) is 36.6. The Kier molecular flexibility index (Phi) is 10.2. The van der Waals surface area contributed by atoms with Crippen LogP contribution >= 0.6 is 0 Å². The fourth-order valence-electron chi connectivity index (χ4n) is 8.14. The van der Waals surface area contributed by atoms with Gasteiger partial charge in [0.15, 0.2) is 0 Å². The summed E-state index contributed by atoms with van der Waals surface area (Å²) >= 11 is 0. The maximum Gasteiger partial charge on any atom is 0.407 e. The van der Waals surface area contributed by atoms with E-state index in [1.54, 1.807) is 0 Å². The van der Waals surface area contributed by atoms with Gasteiger partial charge < -0.3 is 25.0 Å². The number of hydrogen-bond donors (Lipinski definition) is 4. The van der Waals surface area contributed by atoms with Crippen molar-refractivity contribution in [3.8, 4) is 0 Å². The molecule has 6 atom stereocenters. The standard InChI is InChI=1S/C37H47N5O9S/c1-2-25-19-37(25,35(46)41-52(48,49)27-14-15-27)40-32(43)30-18-26-21-42(30)33(44)31(23-10-5-6-11-23)39-36(47)50-16-7-3-4-9-22-12-8-13-24-17-29(34(45)51-26)38-20-28(22)24/h2,4,8-9,12-13,23,25-27,29-31,38H,1,3,5-7,10-11,14-21H2,(H,39,47)(H,40,43)(H,41,46)/t25-,26-,29?,30+,31+,37-/m1/s1. The summed E-state index contributed by atoms with van der Waals surface area (Å²) in [5.74, 6) is -3.28. The van der Waals surface area contributed by atoms with Crippen molar-refractivity contribution in [2.45, 2.75) is 112 Å². The first kappa shape index (κ1) is 36.1. The van der Waals surface area contributed by atoms with E-state index in [1.165, 1.54) is 11.0 Å². The zero-order valence-corrected chi connectivity index (χ0v) is 30.0. The first-order valence-electron chi connectivity index (χ1n) is 18.4. The summed E-state index contributed by atoms with van der Waals surface area (Å²) < 4.78 is 39.0. The number of fused-ring (bicyclic) bond motifs is 10. The largest absolute Gasteiger partial charge is 0.459 e. The van der Waals surface area contributed by atoms with Crippen LogP contribution in [0.4, 0.5) is 4.79 Å². The Bertz CT molecular complexity index is 1770. The average molecular weight is 738 g/mol. The van der Waals surface area contributed by atoms with Gasteiger partial charge in [0.1, 0.15) is 29.8 Å². The number of carbonyl (C=O) groups excluding carboxylic acids is 5. The van der Waals surface area contributed by atoms with E-state index in [-0.39, 0.29) is 31.9 Å². The number of sulfonamides is 1. The molecular weight excluding hydrogens is 691 g/mol. The Balaban J connectivity index is 1.16. The third-order valence-electron chi connectivity index (χ3n) is 11.4. The van der Waals surface area contributed by atoms with Gasteiger partial charge in [0.2, 0.25) is 21.8 Å². The first-order chi connectivity index (χ1) is 25.0. The highest BCUT2D eigenvalue weighted by molar-refractivity contribution is 7.91. The number of hydrogen-bond acceptors (Lipinski definition) is 10. The molecule has 3 aliphatic carbocycles. The molecule has 1 aromatic rings. The summed E-state index contributed by atoms with van der Waals surface area (Å²) in [4.78, 5) is 70.1. The van der Waals surface area contributed by atoms with Gasteiger partial charge in [0, 0.05) is 18.9 Å². The van der Waals surface area contributed by atoms with E-state index in [0.29, 0.717) is 51.5 Å². The van der Waals surface area contributed by atoms with Gasteiger partial charge in [-0.1, -0.05) is 49.3 Å². The Morgan fingerprint density at radius 2 is 1.87 bits per heavy atom. The predicted octanol–water partition coefficient (Wildman–Crippen LogP) is 1.97. The van der Waals surface area contributed by atoms with Gasteiger partial charge in [0.05, 0.1) is 18.4 Å². The molecule has 4 aliphatic heterocycles. The molecule has 14 nitrogen and oxygen atoms in total. The van der Waals surface area contributed by atoms with Gasteiger partial charge in [0.25, 0.3) is 5.91 Å². The molecule has 4 N–H and O–H groups in total. The van der Waals surface area contributed by atoms with E-state index in [9.17, 15) is 32.4 Å². The highest BCUT2D eigenvalue weighted by atomic mass is 32.2. The molecule has 8 rings (SSSR count). The molecule has 15 heteroatoms. The average Bonchev–Trinajstić information content (AvgIpc) is 4.00. The van der Waals surface area contributed by atoms with Crippen LogP contribution in [0.5, 0.6) is 0 Å². The normalized spacial score (nSPS) is 31.3. The molecule has 7 aliphatic rings. The van der Waals surface area contributed by atoms with Gasteiger partial charge >= 0.3 is 12.1 Å². The summed E-state index contributed by atoms with van der Waals surface area (Å²) in [5, 5.41) is 8.20. The molecular formula is C37H47N5O9S. The minimum atomic E-state index is -3.90. The van der Waals surface area contributed by atoms with Gasteiger partial charge in [-0.3, -0.25) is 29.2 Å². The molecule has 1 saturated heterocycles. The van der Waals surface area contributed by atoms with Crippen LogP contribution in [0.15, 0.2) is 36.9 Å². The van der Waals surface area contributed by atoms with Crippen LogP contribution in [0.1, 0.15) is 80.9 Å². The fourth-order valence-corrected chi connectivity index (χ4v) is 9.50. The second kappa shape index (κ2) is 14.6. The van der Waals surface area contributed by atoms with Crippen molar-refractivity contribution in [1.29, 1.82) is 0 Å². The number of alkyl carbamates (subject to hydrolysis) is 1. The number of carbonyl (C=O) groups is 5. The topological polar surface area (TPSA) is 189 Å². The van der Waals surface area contributed by atoms with Crippen molar-refractivity contribution in [2.75, 3.05) is 13.2 Å². The lowest BCUT2D eigenvalue weighted by Crippen LogP contribution is -2.59. The Labute approximate surface area is 303 Å². The molecule has 4 fully saturated rings. The molecule has 0 spiro atoms. The van der Waals surface area contributed by atoms with E-state index in [4.69, 9.17) is 9.47 Å². The SMILES string of the molecule is C=C[C@@H]1C[C@]1(NC(=O)[C@@H]1C[C@@H]2CN1C(=O)[C@H](C1CCCC1)NC(=O)OCCCC=Cc1cccc3c1CNC(C3)C(=O)O2)C(=O)NS(=O)(=O)C1CC1. The Hall–Kier alpha value is -4.24. The number of ether oxygens (including phenoxy) is 2. The minimum Gasteiger partial charge on any atom is -0.459 e. The van der Waals surface area contributed by atoms with Crippen LogP contribution in [0, 0.1) is 11.8 Å². The number of allylic oxidation sites excluding steroid dienone is 1. The predicted molar refractivity (Wildman–Crippen MR) is 189 cm³/mol. The van der Waals surface area contributed by atoms with E-state index < -0.39 is 80.7 Å². The molecule has 4 amide bonds. The number of nitrogens with zero attached hydrogens (tertiary/aromatic N) is 1. The van der Waals surface area contributed by atoms with Crippen LogP contribution in [0.25, 0.3) is 6.08 Å². The lowest BCUT2D eigenvalue weighted by Gasteiger charge is -2.32. The second-order valence-electron chi connectivity index (χ2n) is 15.0. The summed E-state index contributed by atoms with van der Waals surface area (Å²) in [6.07, 6.45) is 9.74. The number of nitrogens with one attached hydrogen (secondary N) is 4. The summed E-state index contributed by atoms with van der Waals surface area (Å²) in [7, 11) is -3.90. The highest BCUT2D eigenvalue weighted by Gasteiger charge is 2.62. The van der Waals surface area contributed by atoms with Crippen LogP contribution in [-0.2, 0) is 51.6 Å². The Morgan fingerprint density at radius 1 is 1.08 bits per heavy atom. The fraction of sp³-hybridized carbons (Fsp3) is 0.595. The van der Waals surface area contributed by atoms with Crippen LogP contribution in [0.3, 0.4) is 0 Å². The van der Waals surface area contributed by atoms with E-state index in [2.05, 4.69) is 27.3 Å². The van der Waals surface area contributed by atoms with Gasteiger partial charge in [-0.05, 0) is 74.0 Å². The van der Waals surface area contributed by atoms with Crippen molar-refractivity contribution >= 4 is 45.9 Å². The van der Waals surface area contributed by atoms with E-state index in [0.717, 1.165) is 29.5 Å². The minimum absolute atomic E-state index is 0.0553. The number of amides is 4. The number of benzene rings is 1. The van der Waals surface area contributed by atoms with Crippen LogP contribution in [0.2, 0.25) is 0 Å². The lowest BCUT2D eigenvalue weighted by molar-refractivity contribution is -0.152. The van der Waals surface area contributed by atoms with Crippen LogP contribution in [-0.4, -0.2) is 91.3 Å². The molecule has 1 aromatic carbocycles. The Morgan fingerprint density at radius 3 is 2.60 bits per heavy atom. The summed E-state index contributed by atoms with van der Waals surface area (Å²) in [5.41, 5.74) is 1.58. The third kappa shape index (κ3) is 7.47.